The summed E-state index contributed by atoms with van der Waals surface area (Å²) < 4.78 is 16.3. The molecule has 7 heteroatoms. The minimum Gasteiger partial charge on any atom is -0.325 e. The molecule has 1 unspecified atom stereocenters. The van der Waals surface area contributed by atoms with Crippen LogP contribution in [0.15, 0.2) is 84.0 Å². The van der Waals surface area contributed by atoms with Crippen molar-refractivity contribution in [1.29, 1.82) is 0 Å². The number of halogens is 1. The first kappa shape index (κ1) is 22.7. The monoisotopic (exact) mass is 460 g/mol. The number of carbonyl (C=O) groups is 1. The van der Waals surface area contributed by atoms with E-state index in [9.17, 15) is 9.18 Å². The summed E-state index contributed by atoms with van der Waals surface area (Å²) in [6, 6.07) is 23.9. The van der Waals surface area contributed by atoms with Gasteiger partial charge in [-0.2, -0.15) is 0 Å². The molecule has 0 saturated carbocycles. The van der Waals surface area contributed by atoms with Gasteiger partial charge in [-0.3, -0.25) is 9.36 Å². The summed E-state index contributed by atoms with van der Waals surface area (Å²) in [6.45, 7) is 4.34. The highest BCUT2D eigenvalue weighted by atomic mass is 32.2. The molecule has 168 valence electrons. The van der Waals surface area contributed by atoms with Gasteiger partial charge < -0.3 is 5.32 Å². The van der Waals surface area contributed by atoms with Gasteiger partial charge in [0.05, 0.1) is 11.3 Å². The van der Waals surface area contributed by atoms with E-state index in [-0.39, 0.29) is 17.5 Å². The van der Waals surface area contributed by atoms with Crippen molar-refractivity contribution < 1.29 is 9.18 Å². The van der Waals surface area contributed by atoms with Crippen LogP contribution in [0.1, 0.15) is 31.7 Å². The van der Waals surface area contributed by atoms with E-state index >= 15 is 0 Å². The molecule has 0 radical (unpaired) electrons. The molecule has 0 aliphatic carbocycles. The summed E-state index contributed by atoms with van der Waals surface area (Å²) in [4.78, 5) is 12.6. The first-order chi connectivity index (χ1) is 16.1. The lowest BCUT2D eigenvalue weighted by molar-refractivity contribution is -0.113. The quantitative estimate of drug-likeness (QED) is 0.313. The Balaban J connectivity index is 1.52. The van der Waals surface area contributed by atoms with Crippen molar-refractivity contribution >= 4 is 23.4 Å². The number of aromatic nitrogens is 3. The topological polar surface area (TPSA) is 59.8 Å². The van der Waals surface area contributed by atoms with Crippen molar-refractivity contribution in [2.24, 2.45) is 0 Å². The lowest BCUT2D eigenvalue weighted by Gasteiger charge is -2.11. The molecule has 0 saturated heterocycles. The van der Waals surface area contributed by atoms with Crippen LogP contribution in [0.25, 0.3) is 17.1 Å². The molecule has 0 aliphatic heterocycles. The minimum atomic E-state index is -0.378. The molecule has 1 aromatic heterocycles. The van der Waals surface area contributed by atoms with E-state index in [2.05, 4.69) is 29.4 Å². The Morgan fingerprint density at radius 2 is 1.70 bits per heavy atom. The third-order valence-electron chi connectivity index (χ3n) is 5.47. The second-order valence-electron chi connectivity index (χ2n) is 7.73. The fraction of sp³-hybridized carbons (Fsp3) is 0.192. The first-order valence-corrected chi connectivity index (χ1v) is 11.8. The van der Waals surface area contributed by atoms with Gasteiger partial charge in [0.2, 0.25) is 5.91 Å². The standard InChI is InChI=1S/C26H25FN4OS/c1-3-18(2)19-13-15-20(16-14-19)28-24(32)17-33-26-30-29-25(22-11-7-8-12-23(22)27)31(26)21-9-5-4-6-10-21/h4-16,18H,3,17H2,1-2H3,(H,28,32). The maximum absolute atomic E-state index is 14.5. The molecule has 0 spiro atoms. The molecule has 4 rings (SSSR count). The maximum atomic E-state index is 14.5. The number of nitrogens with zero attached hydrogens (tertiary/aromatic N) is 3. The van der Waals surface area contributed by atoms with Gasteiger partial charge in [0, 0.05) is 11.4 Å². The minimum absolute atomic E-state index is 0.147. The Kier molecular flexibility index (Phi) is 7.19. The van der Waals surface area contributed by atoms with Gasteiger partial charge in [0.1, 0.15) is 5.82 Å². The third kappa shape index (κ3) is 5.31. The van der Waals surface area contributed by atoms with Crippen LogP contribution in [0.3, 0.4) is 0 Å². The molecule has 0 bridgehead atoms. The van der Waals surface area contributed by atoms with Crippen molar-refractivity contribution in [1.82, 2.24) is 14.8 Å². The van der Waals surface area contributed by atoms with Crippen LogP contribution in [-0.4, -0.2) is 26.4 Å². The fourth-order valence-corrected chi connectivity index (χ4v) is 4.20. The SMILES string of the molecule is CCC(C)c1ccc(NC(=O)CSc2nnc(-c3ccccc3F)n2-c2ccccc2)cc1. The molecule has 3 aromatic carbocycles. The molecule has 33 heavy (non-hydrogen) atoms. The van der Waals surface area contributed by atoms with E-state index in [1.54, 1.807) is 22.8 Å². The van der Waals surface area contributed by atoms with Crippen LogP contribution in [0.4, 0.5) is 10.1 Å². The Hall–Kier alpha value is -3.45. The van der Waals surface area contributed by atoms with E-state index in [4.69, 9.17) is 0 Å². The lowest BCUT2D eigenvalue weighted by Crippen LogP contribution is -2.14. The smallest absolute Gasteiger partial charge is 0.234 e. The van der Waals surface area contributed by atoms with E-state index < -0.39 is 0 Å². The van der Waals surface area contributed by atoms with Crippen LogP contribution >= 0.6 is 11.8 Å². The second-order valence-corrected chi connectivity index (χ2v) is 8.67. The molecule has 0 aliphatic rings. The maximum Gasteiger partial charge on any atom is 0.234 e. The largest absolute Gasteiger partial charge is 0.325 e. The lowest BCUT2D eigenvalue weighted by atomic mass is 9.99. The predicted molar refractivity (Wildman–Crippen MR) is 131 cm³/mol. The van der Waals surface area contributed by atoms with Gasteiger partial charge >= 0.3 is 0 Å². The Bertz CT molecular complexity index is 1220. The number of anilines is 1. The summed E-state index contributed by atoms with van der Waals surface area (Å²) in [5, 5.41) is 11.9. The van der Waals surface area contributed by atoms with Crippen molar-refractivity contribution in [3.05, 3.63) is 90.2 Å². The van der Waals surface area contributed by atoms with Gasteiger partial charge in [0.25, 0.3) is 0 Å². The number of carbonyl (C=O) groups excluding carboxylic acids is 1. The van der Waals surface area contributed by atoms with Gasteiger partial charge in [-0.05, 0) is 54.3 Å². The van der Waals surface area contributed by atoms with Crippen LogP contribution in [0.5, 0.6) is 0 Å². The Morgan fingerprint density at radius 3 is 2.39 bits per heavy atom. The van der Waals surface area contributed by atoms with E-state index in [1.165, 1.54) is 23.4 Å². The number of rotatable bonds is 8. The Morgan fingerprint density at radius 1 is 1.00 bits per heavy atom. The van der Waals surface area contributed by atoms with Gasteiger partial charge in [-0.1, -0.05) is 68.1 Å². The highest BCUT2D eigenvalue weighted by Crippen LogP contribution is 2.29. The number of benzene rings is 3. The average Bonchev–Trinajstić information content (AvgIpc) is 3.27. The van der Waals surface area contributed by atoms with Crippen molar-refractivity contribution in [2.75, 3.05) is 11.1 Å². The van der Waals surface area contributed by atoms with Crippen LogP contribution in [0, 0.1) is 5.82 Å². The summed E-state index contributed by atoms with van der Waals surface area (Å²) in [5.74, 6) is 0.500. The first-order valence-electron chi connectivity index (χ1n) is 10.8. The zero-order chi connectivity index (χ0) is 23.2. The normalized spacial score (nSPS) is 11.8. The molecule has 1 atom stereocenters. The van der Waals surface area contributed by atoms with E-state index in [1.807, 2.05) is 54.6 Å². The number of hydrogen-bond donors (Lipinski definition) is 1. The molecule has 1 heterocycles. The summed E-state index contributed by atoms with van der Waals surface area (Å²) >= 11 is 1.26. The highest BCUT2D eigenvalue weighted by Gasteiger charge is 2.19. The summed E-state index contributed by atoms with van der Waals surface area (Å²) in [7, 11) is 0. The zero-order valence-corrected chi connectivity index (χ0v) is 19.3. The number of para-hydroxylation sites is 1. The van der Waals surface area contributed by atoms with Crippen molar-refractivity contribution in [3.8, 4) is 17.1 Å². The highest BCUT2D eigenvalue weighted by molar-refractivity contribution is 7.99. The van der Waals surface area contributed by atoms with E-state index in [0.29, 0.717) is 22.5 Å². The van der Waals surface area contributed by atoms with Gasteiger partial charge in [-0.15, -0.1) is 10.2 Å². The summed E-state index contributed by atoms with van der Waals surface area (Å²) in [6.07, 6.45) is 1.07. The average molecular weight is 461 g/mol. The molecular formula is C26H25FN4OS. The predicted octanol–water partition coefficient (Wildman–Crippen LogP) is 6.32. The van der Waals surface area contributed by atoms with Gasteiger partial charge in [0.15, 0.2) is 11.0 Å². The molecule has 5 nitrogen and oxygen atoms in total. The molecular weight excluding hydrogens is 435 g/mol. The molecule has 1 N–H and O–H groups in total. The van der Waals surface area contributed by atoms with Crippen molar-refractivity contribution in [2.45, 2.75) is 31.3 Å². The fourth-order valence-electron chi connectivity index (χ4n) is 3.45. The second kappa shape index (κ2) is 10.4. The number of amides is 1. The van der Waals surface area contributed by atoms with E-state index in [0.717, 1.165) is 17.8 Å². The number of thioether (sulfide) groups is 1. The van der Waals surface area contributed by atoms with Crippen LogP contribution < -0.4 is 5.32 Å². The molecule has 0 fully saturated rings. The number of hydrogen-bond acceptors (Lipinski definition) is 4. The van der Waals surface area contributed by atoms with Crippen LogP contribution in [-0.2, 0) is 4.79 Å². The Labute approximate surface area is 197 Å². The third-order valence-corrected chi connectivity index (χ3v) is 6.40. The van der Waals surface area contributed by atoms with Crippen molar-refractivity contribution in [3.63, 3.8) is 0 Å². The number of nitrogens with one attached hydrogen (secondary N) is 1. The van der Waals surface area contributed by atoms with Gasteiger partial charge in [-0.25, -0.2) is 4.39 Å². The molecule has 1 amide bonds. The summed E-state index contributed by atoms with van der Waals surface area (Å²) in [5.41, 5.74) is 3.15. The zero-order valence-electron chi connectivity index (χ0n) is 18.5. The molecule has 4 aromatic rings. The van der Waals surface area contributed by atoms with Crippen LogP contribution in [0.2, 0.25) is 0 Å².